The summed E-state index contributed by atoms with van der Waals surface area (Å²) in [7, 11) is 0. The molecule has 0 aliphatic carbocycles. The Labute approximate surface area is 74.5 Å². The van der Waals surface area contributed by atoms with Crippen LogP contribution in [0.3, 0.4) is 0 Å². The fourth-order valence-electron chi connectivity index (χ4n) is 0. The van der Waals surface area contributed by atoms with E-state index in [4.69, 9.17) is 4.79 Å². The normalized spacial score (nSPS) is 3.25. The van der Waals surface area contributed by atoms with E-state index in [-0.39, 0.29) is 52.8 Å². The molecule has 0 heterocycles. The van der Waals surface area contributed by atoms with Gasteiger partial charge in [-0.25, -0.2) is 0 Å². The minimum absolute atomic E-state index is 0. The van der Waals surface area contributed by atoms with Crippen molar-refractivity contribution in [3.8, 4) is 0 Å². The van der Waals surface area contributed by atoms with Crippen LogP contribution in [0.2, 0.25) is 0 Å². The summed E-state index contributed by atoms with van der Waals surface area (Å²) in [5, 5.41) is 0. The average Bonchev–Trinajstić information content (AvgIpc) is 0.918. The first kappa shape index (κ1) is 9.17. The van der Waals surface area contributed by atoms with E-state index in [0.717, 1.165) is 0 Å². The van der Waals surface area contributed by atoms with Gasteiger partial charge in [-0.05, 0) is 0 Å². The van der Waals surface area contributed by atoms with Gasteiger partial charge in [-0.1, -0.05) is 0 Å². The van der Waals surface area contributed by atoms with Crippen molar-refractivity contribution in [1.29, 1.82) is 0 Å². The largest absolute Gasteiger partial charge is 1.00 e. The molecule has 0 aliphatic heterocycles. The number of thiol groups is 1. The predicted molar refractivity (Wildman–Crippen MR) is 16.8 cm³/mol. The van der Waals surface area contributed by atoms with Crippen LogP contribution in [0.5, 0.6) is 0 Å². The van der Waals surface area contributed by atoms with Crippen molar-refractivity contribution >= 4 is 18.2 Å². The average molecular weight is 102 g/mol. The summed E-state index contributed by atoms with van der Waals surface area (Å²) in [6.07, 6.45) is 0. The van der Waals surface area contributed by atoms with Gasteiger partial charge in [0, 0.05) is 0 Å². The summed E-state index contributed by atoms with van der Waals surface area (Å²) in [6.45, 7) is 0. The van der Waals surface area contributed by atoms with Gasteiger partial charge in [0.1, 0.15) is 0 Å². The second-order valence-corrected chi connectivity index (χ2v) is 0.316. The smallest absolute Gasteiger partial charge is 1.00 e. The molecule has 1 nitrogen and oxygen atoms in total. The molecule has 3 heteroatoms. The fraction of sp³-hybridized carbons (Fsp3) is 0. The maximum atomic E-state index is 8.67. The molecule has 0 radical (unpaired) electrons. The zero-order valence-corrected chi connectivity index (χ0v) is 6.45. The number of carbonyl (C=O) groups is 1. The molecule has 0 N–H and O–H groups in total. The molecular weight excluding hydrogens is 99.2 g/mol. The van der Waals surface area contributed by atoms with Crippen molar-refractivity contribution in [2.24, 2.45) is 0 Å². The van der Waals surface area contributed by atoms with Crippen LogP contribution >= 0.6 is 12.6 Å². The summed E-state index contributed by atoms with van der Waals surface area (Å²) < 4.78 is 0. The van der Waals surface area contributed by atoms with Gasteiger partial charge in [0.05, 0.1) is 0 Å². The third-order valence-corrected chi connectivity index (χ3v) is 0. The zero-order valence-electron chi connectivity index (χ0n) is 3.43. The van der Waals surface area contributed by atoms with Crippen LogP contribution in [0.15, 0.2) is 0 Å². The van der Waals surface area contributed by atoms with Gasteiger partial charge in [-0.2, -0.15) is 0 Å². The predicted octanol–water partition coefficient (Wildman–Crippen LogP) is -2.78. The van der Waals surface area contributed by atoms with Crippen molar-refractivity contribution in [2.75, 3.05) is 0 Å². The Morgan fingerprint density at radius 2 is 2.00 bits per heavy atom. The number of carbonyl (C=O) groups excluding carboxylic acids is 1. The third-order valence-electron chi connectivity index (χ3n) is 0. The van der Waals surface area contributed by atoms with Crippen LogP contribution in [0, 0.1) is 0 Å². The molecule has 0 saturated carbocycles. The monoisotopic (exact) mass is 102 g/mol. The number of rotatable bonds is 0. The van der Waals surface area contributed by atoms with Gasteiger partial charge in [0.15, 0.2) is 5.62 Å². The molecule has 0 aromatic carbocycles. The SMILES string of the molecule is O=CS.[H-].[K+]. The molecular formula is CH3KOS. The molecule has 0 atom stereocenters. The summed E-state index contributed by atoms with van der Waals surface area (Å²) in [5.74, 6) is 0. The molecule has 0 spiro atoms. The number of hydrogen-bond acceptors (Lipinski definition) is 1. The second kappa shape index (κ2) is 8.82. The zero-order chi connectivity index (χ0) is 2.71. The van der Waals surface area contributed by atoms with E-state index in [1.807, 2.05) is 0 Å². The first-order chi connectivity index (χ1) is 1.41. The van der Waals surface area contributed by atoms with Gasteiger partial charge in [0.25, 0.3) is 0 Å². The van der Waals surface area contributed by atoms with E-state index in [2.05, 4.69) is 12.6 Å². The van der Waals surface area contributed by atoms with E-state index in [1.165, 1.54) is 0 Å². The first-order valence-electron chi connectivity index (χ1n) is 0.494. The molecule has 0 aromatic rings. The molecule has 0 fully saturated rings. The Morgan fingerprint density at radius 1 is 2.00 bits per heavy atom. The van der Waals surface area contributed by atoms with Crippen molar-refractivity contribution < 1.29 is 57.6 Å². The van der Waals surface area contributed by atoms with Crippen LogP contribution in [0.25, 0.3) is 0 Å². The van der Waals surface area contributed by atoms with Gasteiger partial charge in [-0.3, -0.25) is 4.79 Å². The molecule has 0 aromatic heterocycles. The van der Waals surface area contributed by atoms with Crippen molar-refractivity contribution in [2.45, 2.75) is 0 Å². The van der Waals surface area contributed by atoms with E-state index >= 15 is 0 Å². The summed E-state index contributed by atoms with van der Waals surface area (Å²) in [5.41, 5.74) is 0.444. The molecule has 4 heavy (non-hydrogen) atoms. The van der Waals surface area contributed by atoms with Gasteiger partial charge in [-0.15, -0.1) is 12.6 Å². The fourth-order valence-corrected chi connectivity index (χ4v) is 0. The first-order valence-corrected chi connectivity index (χ1v) is 1.01. The van der Waals surface area contributed by atoms with Gasteiger partial charge >= 0.3 is 51.4 Å². The molecule has 0 saturated heterocycles. The Bertz CT molecular complexity index is 19.1. The third kappa shape index (κ3) is 9.40. The minimum atomic E-state index is 0. The molecule has 0 amide bonds. The van der Waals surface area contributed by atoms with E-state index in [0.29, 0.717) is 5.62 Å². The maximum absolute atomic E-state index is 8.67. The van der Waals surface area contributed by atoms with Crippen LogP contribution in [0.1, 0.15) is 1.43 Å². The molecule has 20 valence electrons. The van der Waals surface area contributed by atoms with E-state index < -0.39 is 0 Å². The second-order valence-electron chi connectivity index (χ2n) is 0.105. The van der Waals surface area contributed by atoms with Crippen LogP contribution < -0.4 is 51.4 Å². The standard InChI is InChI=1S/CH2OS.K.H/c2-1-3;;/h1H,(H,2,3);;/q;+1;-1. The summed E-state index contributed by atoms with van der Waals surface area (Å²) >= 11 is 3.11. The van der Waals surface area contributed by atoms with E-state index in [1.54, 1.807) is 0 Å². The van der Waals surface area contributed by atoms with Crippen molar-refractivity contribution in [3.63, 3.8) is 0 Å². The van der Waals surface area contributed by atoms with Crippen LogP contribution in [-0.2, 0) is 4.79 Å². The number of hydrogen-bond donors (Lipinski definition) is 1. The Balaban J connectivity index is -0.0000000200. The topological polar surface area (TPSA) is 17.1 Å². The Morgan fingerprint density at radius 3 is 2.00 bits per heavy atom. The van der Waals surface area contributed by atoms with E-state index in [9.17, 15) is 0 Å². The van der Waals surface area contributed by atoms with Crippen molar-refractivity contribution in [1.82, 2.24) is 0 Å². The van der Waals surface area contributed by atoms with Crippen molar-refractivity contribution in [3.05, 3.63) is 0 Å². The van der Waals surface area contributed by atoms with Crippen LogP contribution in [0.4, 0.5) is 0 Å². The molecule has 0 aliphatic rings. The summed E-state index contributed by atoms with van der Waals surface area (Å²) in [6, 6.07) is 0. The minimum Gasteiger partial charge on any atom is -1.00 e. The Hall–Kier alpha value is 1.66. The van der Waals surface area contributed by atoms with Gasteiger partial charge in [0.2, 0.25) is 0 Å². The van der Waals surface area contributed by atoms with Crippen LogP contribution in [-0.4, -0.2) is 5.62 Å². The Kier molecular flexibility index (Phi) is 20.2. The molecule has 0 bridgehead atoms. The maximum Gasteiger partial charge on any atom is 1.00 e. The summed E-state index contributed by atoms with van der Waals surface area (Å²) in [4.78, 5) is 8.67. The van der Waals surface area contributed by atoms with Gasteiger partial charge < -0.3 is 1.43 Å². The molecule has 0 unspecified atom stereocenters. The quantitative estimate of drug-likeness (QED) is 0.199. The molecule has 0 rings (SSSR count).